The highest BCUT2D eigenvalue weighted by Gasteiger charge is 2.29. The van der Waals surface area contributed by atoms with Crippen LogP contribution in [0.3, 0.4) is 0 Å². The average molecular weight is 366 g/mol. The number of halogens is 2. The molecule has 2 atom stereocenters. The highest BCUT2D eigenvalue weighted by molar-refractivity contribution is 5.85. The standard InChI is InChI=1S/C17H31N3O.2ClH/c18-16-7-3-4-13(16)12-17(21)19-14-8-10-20(11-9-14)15-5-1-2-6-15;;/h13-16H,1-12,18H2,(H,19,21);2*1H/t13-,16+;;/m0../s1. The molecule has 3 rings (SSSR count). The summed E-state index contributed by atoms with van der Waals surface area (Å²) in [6.07, 6.45) is 11.9. The summed E-state index contributed by atoms with van der Waals surface area (Å²) in [5.41, 5.74) is 6.06. The molecule has 4 nitrogen and oxygen atoms in total. The zero-order valence-corrected chi connectivity index (χ0v) is 15.7. The van der Waals surface area contributed by atoms with E-state index in [1.54, 1.807) is 0 Å². The van der Waals surface area contributed by atoms with Gasteiger partial charge in [0.15, 0.2) is 0 Å². The van der Waals surface area contributed by atoms with Gasteiger partial charge in [-0.25, -0.2) is 0 Å². The van der Waals surface area contributed by atoms with Gasteiger partial charge in [-0.05, 0) is 44.4 Å². The maximum Gasteiger partial charge on any atom is 0.220 e. The molecule has 3 N–H and O–H groups in total. The number of hydrogen-bond acceptors (Lipinski definition) is 3. The van der Waals surface area contributed by atoms with Gasteiger partial charge in [0.25, 0.3) is 0 Å². The van der Waals surface area contributed by atoms with Crippen LogP contribution in [-0.2, 0) is 4.79 Å². The zero-order chi connectivity index (χ0) is 14.7. The number of hydrogen-bond donors (Lipinski definition) is 2. The van der Waals surface area contributed by atoms with Crippen molar-refractivity contribution < 1.29 is 4.79 Å². The smallest absolute Gasteiger partial charge is 0.220 e. The molecule has 0 aromatic rings. The molecule has 3 aliphatic rings. The molecule has 0 spiro atoms. The Balaban J connectivity index is 0.00000132. The molecule has 1 amide bonds. The van der Waals surface area contributed by atoms with Crippen molar-refractivity contribution in [2.24, 2.45) is 11.7 Å². The van der Waals surface area contributed by atoms with Crippen molar-refractivity contribution in [1.29, 1.82) is 0 Å². The van der Waals surface area contributed by atoms with Gasteiger partial charge in [-0.2, -0.15) is 0 Å². The second kappa shape index (κ2) is 10.1. The molecule has 1 heterocycles. The van der Waals surface area contributed by atoms with Crippen molar-refractivity contribution >= 4 is 30.7 Å². The Bertz CT molecular complexity index is 356. The molecule has 3 fully saturated rings. The molecule has 6 heteroatoms. The van der Waals surface area contributed by atoms with E-state index in [1.807, 2.05) is 0 Å². The van der Waals surface area contributed by atoms with Gasteiger partial charge in [0, 0.05) is 37.6 Å². The van der Waals surface area contributed by atoms with E-state index < -0.39 is 0 Å². The van der Waals surface area contributed by atoms with Gasteiger partial charge in [0.2, 0.25) is 5.91 Å². The minimum atomic E-state index is 0. The Morgan fingerprint density at radius 3 is 2.17 bits per heavy atom. The van der Waals surface area contributed by atoms with Gasteiger partial charge in [-0.3, -0.25) is 4.79 Å². The van der Waals surface area contributed by atoms with Crippen LogP contribution in [0.1, 0.15) is 64.2 Å². The van der Waals surface area contributed by atoms with Gasteiger partial charge < -0.3 is 16.0 Å². The summed E-state index contributed by atoms with van der Waals surface area (Å²) < 4.78 is 0. The van der Waals surface area contributed by atoms with E-state index in [2.05, 4.69) is 10.2 Å². The largest absolute Gasteiger partial charge is 0.353 e. The van der Waals surface area contributed by atoms with E-state index in [1.165, 1.54) is 45.2 Å². The lowest BCUT2D eigenvalue weighted by atomic mass is 9.98. The second-order valence-corrected chi connectivity index (χ2v) is 7.37. The molecule has 0 radical (unpaired) electrons. The second-order valence-electron chi connectivity index (χ2n) is 7.37. The predicted molar refractivity (Wildman–Crippen MR) is 99.4 cm³/mol. The van der Waals surface area contributed by atoms with Gasteiger partial charge >= 0.3 is 0 Å². The Morgan fingerprint density at radius 2 is 1.61 bits per heavy atom. The van der Waals surface area contributed by atoms with Crippen LogP contribution < -0.4 is 11.1 Å². The molecule has 2 aliphatic carbocycles. The molecule has 23 heavy (non-hydrogen) atoms. The van der Waals surface area contributed by atoms with Gasteiger partial charge in [-0.15, -0.1) is 24.8 Å². The van der Waals surface area contributed by atoms with E-state index >= 15 is 0 Å². The topological polar surface area (TPSA) is 58.4 Å². The molecular formula is C17H33Cl2N3O. The molecule has 136 valence electrons. The molecule has 0 aromatic heterocycles. The number of nitrogens with two attached hydrogens (primary N) is 1. The van der Waals surface area contributed by atoms with Crippen molar-refractivity contribution in [3.63, 3.8) is 0 Å². The summed E-state index contributed by atoms with van der Waals surface area (Å²) >= 11 is 0. The lowest BCUT2D eigenvalue weighted by molar-refractivity contribution is -0.123. The number of nitrogens with one attached hydrogen (secondary N) is 1. The molecule has 0 bridgehead atoms. The van der Waals surface area contributed by atoms with E-state index in [9.17, 15) is 4.79 Å². The van der Waals surface area contributed by atoms with Crippen molar-refractivity contribution in [2.75, 3.05) is 13.1 Å². The number of rotatable bonds is 4. The maximum atomic E-state index is 12.2. The van der Waals surface area contributed by atoms with E-state index in [0.29, 0.717) is 18.4 Å². The first kappa shape index (κ1) is 21.0. The lowest BCUT2D eigenvalue weighted by Gasteiger charge is -2.36. The Kier molecular flexibility index (Phi) is 9.20. The van der Waals surface area contributed by atoms with Crippen molar-refractivity contribution in [3.05, 3.63) is 0 Å². The van der Waals surface area contributed by atoms with Crippen LogP contribution in [0.5, 0.6) is 0 Å². The zero-order valence-electron chi connectivity index (χ0n) is 14.0. The summed E-state index contributed by atoms with van der Waals surface area (Å²) in [6.45, 7) is 2.33. The third-order valence-electron chi connectivity index (χ3n) is 5.90. The molecule has 2 saturated carbocycles. The van der Waals surface area contributed by atoms with Gasteiger partial charge in [-0.1, -0.05) is 19.3 Å². The first-order valence-corrected chi connectivity index (χ1v) is 9.01. The summed E-state index contributed by atoms with van der Waals surface area (Å²) in [6, 6.07) is 1.48. The number of likely N-dealkylation sites (tertiary alicyclic amines) is 1. The predicted octanol–water partition coefficient (Wildman–Crippen LogP) is 2.87. The molecule has 1 aliphatic heterocycles. The fraction of sp³-hybridized carbons (Fsp3) is 0.941. The Labute approximate surface area is 153 Å². The highest BCUT2D eigenvalue weighted by atomic mass is 35.5. The minimum Gasteiger partial charge on any atom is -0.353 e. The number of nitrogens with zero attached hydrogens (tertiary/aromatic N) is 1. The van der Waals surface area contributed by atoms with Crippen LogP contribution in [0.15, 0.2) is 0 Å². The van der Waals surface area contributed by atoms with Crippen LogP contribution in [0.25, 0.3) is 0 Å². The Hall–Kier alpha value is -0.0300. The lowest BCUT2D eigenvalue weighted by Crippen LogP contribution is -2.47. The maximum absolute atomic E-state index is 12.2. The normalized spacial score (nSPS) is 29.8. The fourth-order valence-corrected chi connectivity index (χ4v) is 4.52. The van der Waals surface area contributed by atoms with Crippen LogP contribution in [0, 0.1) is 5.92 Å². The molecule has 0 unspecified atom stereocenters. The van der Waals surface area contributed by atoms with E-state index in [4.69, 9.17) is 5.73 Å². The fourth-order valence-electron chi connectivity index (χ4n) is 4.52. The summed E-state index contributed by atoms with van der Waals surface area (Å²) in [4.78, 5) is 14.8. The minimum absolute atomic E-state index is 0. The Morgan fingerprint density at radius 1 is 0.957 bits per heavy atom. The van der Waals surface area contributed by atoms with Gasteiger partial charge in [0.05, 0.1) is 0 Å². The van der Waals surface area contributed by atoms with Gasteiger partial charge in [0.1, 0.15) is 0 Å². The number of carbonyl (C=O) groups excluding carboxylic acids is 1. The average Bonchev–Trinajstić information content (AvgIpc) is 3.12. The third-order valence-corrected chi connectivity index (χ3v) is 5.90. The quantitative estimate of drug-likeness (QED) is 0.804. The van der Waals surface area contributed by atoms with Crippen LogP contribution in [0.4, 0.5) is 0 Å². The summed E-state index contributed by atoms with van der Waals surface area (Å²) in [5, 5.41) is 3.26. The van der Waals surface area contributed by atoms with Crippen molar-refractivity contribution in [3.8, 4) is 0 Å². The molecule has 1 saturated heterocycles. The monoisotopic (exact) mass is 365 g/mol. The third kappa shape index (κ3) is 5.77. The van der Waals surface area contributed by atoms with Crippen molar-refractivity contribution in [1.82, 2.24) is 10.2 Å². The van der Waals surface area contributed by atoms with E-state index in [-0.39, 0.29) is 36.8 Å². The summed E-state index contributed by atoms with van der Waals surface area (Å²) in [5.74, 6) is 0.653. The number of carbonyl (C=O) groups is 1. The first-order chi connectivity index (χ1) is 10.2. The highest BCUT2D eigenvalue weighted by Crippen LogP contribution is 2.28. The van der Waals surface area contributed by atoms with Crippen LogP contribution >= 0.6 is 24.8 Å². The van der Waals surface area contributed by atoms with E-state index in [0.717, 1.165) is 31.7 Å². The van der Waals surface area contributed by atoms with Crippen molar-refractivity contribution in [2.45, 2.75) is 82.3 Å². The number of piperidine rings is 1. The van der Waals surface area contributed by atoms with Crippen LogP contribution in [0.2, 0.25) is 0 Å². The molecular weight excluding hydrogens is 333 g/mol. The summed E-state index contributed by atoms with van der Waals surface area (Å²) in [7, 11) is 0. The first-order valence-electron chi connectivity index (χ1n) is 9.01. The SMILES string of the molecule is Cl.Cl.N[C@@H]1CCC[C@H]1CC(=O)NC1CCN(C2CCCC2)CC1. The van der Waals surface area contributed by atoms with Crippen LogP contribution in [-0.4, -0.2) is 42.0 Å². The molecule has 0 aromatic carbocycles. The number of amides is 1.